The van der Waals surface area contributed by atoms with E-state index in [1.807, 2.05) is 6.07 Å². The summed E-state index contributed by atoms with van der Waals surface area (Å²) in [7, 11) is 1.53. The van der Waals surface area contributed by atoms with Gasteiger partial charge in [-0.2, -0.15) is 5.26 Å². The van der Waals surface area contributed by atoms with Crippen LogP contribution >= 0.6 is 0 Å². The van der Waals surface area contributed by atoms with Crippen molar-refractivity contribution in [2.24, 2.45) is 0 Å². The highest BCUT2D eigenvalue weighted by molar-refractivity contribution is 5.87. The Morgan fingerprint density at radius 3 is 2.57 bits per heavy atom. The molecule has 21 heavy (non-hydrogen) atoms. The van der Waals surface area contributed by atoms with Gasteiger partial charge in [-0.1, -0.05) is 6.07 Å². The SMILES string of the molecule is COc1ccc(CNc2ccc(C(=O)O)cc2)cc1C#N. The lowest BCUT2D eigenvalue weighted by atomic mass is 10.1. The fraction of sp³-hybridized carbons (Fsp3) is 0.125. The summed E-state index contributed by atoms with van der Waals surface area (Å²) < 4.78 is 5.09. The van der Waals surface area contributed by atoms with Crippen molar-refractivity contribution in [2.75, 3.05) is 12.4 Å². The molecule has 0 fully saturated rings. The largest absolute Gasteiger partial charge is 0.495 e. The third-order valence-electron chi connectivity index (χ3n) is 3.01. The van der Waals surface area contributed by atoms with Crippen LogP contribution in [0.25, 0.3) is 0 Å². The predicted octanol–water partition coefficient (Wildman–Crippen LogP) is 2.88. The van der Waals surface area contributed by atoms with Crippen LogP contribution < -0.4 is 10.1 Å². The van der Waals surface area contributed by atoms with E-state index in [1.165, 1.54) is 7.11 Å². The average molecular weight is 282 g/mol. The van der Waals surface area contributed by atoms with Crippen LogP contribution in [0.1, 0.15) is 21.5 Å². The average Bonchev–Trinajstić information content (AvgIpc) is 2.52. The van der Waals surface area contributed by atoms with Crippen molar-refractivity contribution in [3.05, 3.63) is 59.2 Å². The molecule has 0 aliphatic heterocycles. The van der Waals surface area contributed by atoms with E-state index >= 15 is 0 Å². The highest BCUT2D eigenvalue weighted by Crippen LogP contribution is 2.19. The van der Waals surface area contributed by atoms with Gasteiger partial charge in [0.2, 0.25) is 0 Å². The zero-order chi connectivity index (χ0) is 15.2. The smallest absolute Gasteiger partial charge is 0.335 e. The third-order valence-corrected chi connectivity index (χ3v) is 3.01. The molecule has 0 amide bonds. The fourth-order valence-electron chi connectivity index (χ4n) is 1.89. The first-order valence-corrected chi connectivity index (χ1v) is 6.28. The lowest BCUT2D eigenvalue weighted by Gasteiger charge is -2.09. The Labute approximate surface area is 122 Å². The maximum Gasteiger partial charge on any atom is 0.335 e. The van der Waals surface area contributed by atoms with Gasteiger partial charge in [0, 0.05) is 12.2 Å². The van der Waals surface area contributed by atoms with Crippen molar-refractivity contribution in [2.45, 2.75) is 6.54 Å². The molecule has 0 radical (unpaired) electrons. The molecule has 5 heteroatoms. The maximum absolute atomic E-state index is 10.8. The second-order valence-electron chi connectivity index (χ2n) is 4.38. The molecule has 2 N–H and O–H groups in total. The van der Waals surface area contributed by atoms with E-state index in [9.17, 15) is 4.79 Å². The second kappa shape index (κ2) is 6.44. The summed E-state index contributed by atoms with van der Waals surface area (Å²) in [5.41, 5.74) is 2.48. The van der Waals surface area contributed by atoms with Crippen LogP contribution in [0.4, 0.5) is 5.69 Å². The molecule has 2 aromatic carbocycles. The van der Waals surface area contributed by atoms with Gasteiger partial charge in [0.05, 0.1) is 18.2 Å². The summed E-state index contributed by atoms with van der Waals surface area (Å²) in [6.45, 7) is 0.533. The molecule has 2 aromatic rings. The number of aromatic carboxylic acids is 1. The number of benzene rings is 2. The molecule has 0 spiro atoms. The molecular formula is C16H14N2O3. The Bertz CT molecular complexity index is 688. The molecule has 0 aromatic heterocycles. The van der Waals surface area contributed by atoms with Gasteiger partial charge in [0.25, 0.3) is 0 Å². The molecule has 0 bridgehead atoms. The van der Waals surface area contributed by atoms with Crippen LogP contribution in [0.2, 0.25) is 0 Å². The van der Waals surface area contributed by atoms with E-state index in [-0.39, 0.29) is 5.56 Å². The minimum atomic E-state index is -0.949. The lowest BCUT2D eigenvalue weighted by molar-refractivity contribution is 0.0697. The van der Waals surface area contributed by atoms with Crippen molar-refractivity contribution in [1.82, 2.24) is 0 Å². The Balaban J connectivity index is 2.06. The summed E-state index contributed by atoms with van der Waals surface area (Å²) in [4.78, 5) is 10.8. The molecule has 0 aliphatic rings. The van der Waals surface area contributed by atoms with Gasteiger partial charge in [-0.25, -0.2) is 4.79 Å². The number of carboxylic acid groups (broad SMARTS) is 1. The zero-order valence-corrected chi connectivity index (χ0v) is 11.5. The van der Waals surface area contributed by atoms with Gasteiger partial charge in [0.1, 0.15) is 11.8 Å². The number of ether oxygens (including phenoxy) is 1. The molecular weight excluding hydrogens is 268 g/mol. The second-order valence-corrected chi connectivity index (χ2v) is 4.38. The number of carboxylic acids is 1. The Hall–Kier alpha value is -3.00. The Morgan fingerprint density at radius 1 is 1.29 bits per heavy atom. The number of anilines is 1. The molecule has 0 saturated heterocycles. The fourth-order valence-corrected chi connectivity index (χ4v) is 1.89. The van der Waals surface area contributed by atoms with Crippen LogP contribution in [-0.2, 0) is 6.54 Å². The highest BCUT2D eigenvalue weighted by Gasteiger charge is 2.04. The number of nitrogens with one attached hydrogen (secondary N) is 1. The number of hydrogen-bond donors (Lipinski definition) is 2. The molecule has 0 unspecified atom stereocenters. The van der Waals surface area contributed by atoms with E-state index < -0.39 is 5.97 Å². The van der Waals surface area contributed by atoms with Crippen molar-refractivity contribution >= 4 is 11.7 Å². The standard InChI is InChI=1S/C16H14N2O3/c1-21-15-7-2-11(8-13(15)9-17)10-18-14-5-3-12(4-6-14)16(19)20/h2-8,18H,10H2,1H3,(H,19,20). The third kappa shape index (κ3) is 3.51. The number of methoxy groups -OCH3 is 1. The predicted molar refractivity (Wildman–Crippen MR) is 78.4 cm³/mol. The van der Waals surface area contributed by atoms with E-state index in [0.29, 0.717) is 17.9 Å². The van der Waals surface area contributed by atoms with E-state index in [4.69, 9.17) is 15.1 Å². The summed E-state index contributed by atoms with van der Waals surface area (Å²) >= 11 is 0. The van der Waals surface area contributed by atoms with Crippen molar-refractivity contribution in [3.63, 3.8) is 0 Å². The van der Waals surface area contributed by atoms with Crippen LogP contribution in [0.5, 0.6) is 5.75 Å². The first kappa shape index (κ1) is 14.4. The summed E-state index contributed by atoms with van der Waals surface area (Å²) in [6.07, 6.45) is 0. The summed E-state index contributed by atoms with van der Waals surface area (Å²) in [6, 6.07) is 14.0. The quantitative estimate of drug-likeness (QED) is 0.881. The number of carbonyl (C=O) groups is 1. The Morgan fingerprint density at radius 2 is 2.00 bits per heavy atom. The molecule has 0 saturated carbocycles. The van der Waals surface area contributed by atoms with Crippen molar-refractivity contribution < 1.29 is 14.6 Å². The zero-order valence-electron chi connectivity index (χ0n) is 11.5. The van der Waals surface area contributed by atoms with Crippen LogP contribution in [0.3, 0.4) is 0 Å². The summed E-state index contributed by atoms with van der Waals surface area (Å²) in [5, 5.41) is 21.0. The molecule has 0 heterocycles. The normalized spacial score (nSPS) is 9.71. The molecule has 5 nitrogen and oxygen atoms in total. The molecule has 0 atom stereocenters. The van der Waals surface area contributed by atoms with Gasteiger partial charge in [-0.15, -0.1) is 0 Å². The van der Waals surface area contributed by atoms with Crippen LogP contribution in [0.15, 0.2) is 42.5 Å². The molecule has 106 valence electrons. The first-order chi connectivity index (χ1) is 10.1. The van der Waals surface area contributed by atoms with Gasteiger partial charge in [0.15, 0.2) is 0 Å². The maximum atomic E-state index is 10.8. The molecule has 2 rings (SSSR count). The highest BCUT2D eigenvalue weighted by atomic mass is 16.5. The van der Waals surface area contributed by atoms with E-state index in [0.717, 1.165) is 11.3 Å². The topological polar surface area (TPSA) is 82.3 Å². The lowest BCUT2D eigenvalue weighted by Crippen LogP contribution is -2.01. The number of rotatable bonds is 5. The van der Waals surface area contributed by atoms with Gasteiger partial charge >= 0.3 is 5.97 Å². The van der Waals surface area contributed by atoms with Crippen LogP contribution in [-0.4, -0.2) is 18.2 Å². The van der Waals surface area contributed by atoms with Gasteiger partial charge in [-0.05, 0) is 42.0 Å². The van der Waals surface area contributed by atoms with E-state index in [1.54, 1.807) is 36.4 Å². The van der Waals surface area contributed by atoms with E-state index in [2.05, 4.69) is 11.4 Å². The Kier molecular flexibility index (Phi) is 4.42. The van der Waals surface area contributed by atoms with Crippen molar-refractivity contribution in [3.8, 4) is 11.8 Å². The number of nitriles is 1. The number of hydrogen-bond acceptors (Lipinski definition) is 4. The summed E-state index contributed by atoms with van der Waals surface area (Å²) in [5.74, 6) is -0.401. The van der Waals surface area contributed by atoms with Crippen molar-refractivity contribution in [1.29, 1.82) is 5.26 Å². The van der Waals surface area contributed by atoms with Crippen LogP contribution in [0, 0.1) is 11.3 Å². The monoisotopic (exact) mass is 282 g/mol. The van der Waals surface area contributed by atoms with Gasteiger partial charge < -0.3 is 15.2 Å². The molecule has 0 aliphatic carbocycles. The van der Waals surface area contributed by atoms with Gasteiger partial charge in [-0.3, -0.25) is 0 Å². The number of nitrogens with zero attached hydrogens (tertiary/aromatic N) is 1. The first-order valence-electron chi connectivity index (χ1n) is 6.28. The minimum Gasteiger partial charge on any atom is -0.495 e. The minimum absolute atomic E-state index is 0.247.